The number of aryl methyl sites for hydroxylation is 1. The number of nitrogens with zero attached hydrogens (tertiary/aromatic N) is 3. The van der Waals surface area contributed by atoms with Crippen molar-refractivity contribution in [2.45, 2.75) is 52.2 Å². The predicted molar refractivity (Wildman–Crippen MR) is 158 cm³/mol. The number of carbonyl (C=O) groups excluding carboxylic acids is 3. The van der Waals surface area contributed by atoms with Gasteiger partial charge in [-0.25, -0.2) is 0 Å². The summed E-state index contributed by atoms with van der Waals surface area (Å²) in [7, 11) is 0. The lowest BCUT2D eigenvalue weighted by Crippen LogP contribution is -2.59. The smallest absolute Gasteiger partial charge is 0.272 e. The molecule has 4 aromatic rings. The standard InChI is InChI=1S/C33H35N5O3/c1-20-14-28(34-17-25(20)21-10-6-5-7-11-21)31(40)37-18-24-16-23(37)19-38(24)32(41)29(33(2,3)4)36-30(39)27-15-22-12-8-9-13-26(22)35-27/h5-15,17,23-24,29,35H,16,18-19H2,1-4H3,(H,36,39)/t23-,24?,29+/m0/s1. The first-order chi connectivity index (χ1) is 19.6. The summed E-state index contributed by atoms with van der Waals surface area (Å²) >= 11 is 0. The highest BCUT2D eigenvalue weighted by Gasteiger charge is 2.50. The van der Waals surface area contributed by atoms with Gasteiger partial charge < -0.3 is 20.1 Å². The van der Waals surface area contributed by atoms with E-state index in [4.69, 9.17) is 0 Å². The van der Waals surface area contributed by atoms with E-state index < -0.39 is 11.5 Å². The van der Waals surface area contributed by atoms with Crippen LogP contribution >= 0.6 is 0 Å². The Balaban J connectivity index is 1.14. The molecule has 2 aliphatic heterocycles. The van der Waals surface area contributed by atoms with Crippen molar-refractivity contribution in [3.05, 3.63) is 89.9 Å². The summed E-state index contributed by atoms with van der Waals surface area (Å²) in [5.74, 6) is -0.523. The van der Waals surface area contributed by atoms with Crippen LogP contribution in [0.5, 0.6) is 0 Å². The minimum atomic E-state index is -0.709. The average molecular weight is 550 g/mol. The highest BCUT2D eigenvalue weighted by molar-refractivity contribution is 6.00. The molecule has 0 saturated carbocycles. The van der Waals surface area contributed by atoms with Crippen LogP contribution < -0.4 is 5.32 Å². The molecule has 8 heteroatoms. The van der Waals surface area contributed by atoms with E-state index in [0.717, 1.165) is 34.0 Å². The molecule has 0 radical (unpaired) electrons. The summed E-state index contributed by atoms with van der Waals surface area (Å²) in [6.07, 6.45) is 2.50. The quantitative estimate of drug-likeness (QED) is 0.373. The number of rotatable bonds is 5. The highest BCUT2D eigenvalue weighted by Crippen LogP contribution is 2.34. The Bertz CT molecular complexity index is 1600. The second-order valence-corrected chi connectivity index (χ2v) is 12.3. The van der Waals surface area contributed by atoms with Gasteiger partial charge in [-0.05, 0) is 48.1 Å². The molecule has 6 rings (SSSR count). The first-order valence-electron chi connectivity index (χ1n) is 14.1. The first kappa shape index (κ1) is 26.7. The highest BCUT2D eigenvalue weighted by atomic mass is 16.2. The molecular weight excluding hydrogens is 514 g/mol. The summed E-state index contributed by atoms with van der Waals surface area (Å²) in [5, 5.41) is 3.95. The normalized spacial score (nSPS) is 19.0. The number of pyridine rings is 1. The van der Waals surface area contributed by atoms with Crippen LogP contribution in [-0.4, -0.2) is 68.7 Å². The zero-order chi connectivity index (χ0) is 28.9. The van der Waals surface area contributed by atoms with Crippen molar-refractivity contribution in [3.8, 4) is 11.1 Å². The fourth-order valence-electron chi connectivity index (χ4n) is 6.14. The molecule has 2 aromatic carbocycles. The number of amides is 3. The lowest BCUT2D eigenvalue weighted by Gasteiger charge is -2.39. The van der Waals surface area contributed by atoms with Crippen molar-refractivity contribution in [2.24, 2.45) is 5.41 Å². The van der Waals surface area contributed by atoms with E-state index in [1.54, 1.807) is 12.3 Å². The summed E-state index contributed by atoms with van der Waals surface area (Å²) in [5.41, 5.74) is 4.28. The van der Waals surface area contributed by atoms with Crippen LogP contribution in [-0.2, 0) is 4.79 Å². The fraction of sp³-hybridized carbons (Fsp3) is 0.333. The molecule has 0 aliphatic carbocycles. The maximum Gasteiger partial charge on any atom is 0.272 e. The predicted octanol–water partition coefficient (Wildman–Crippen LogP) is 4.81. The topological polar surface area (TPSA) is 98.4 Å². The van der Waals surface area contributed by atoms with Gasteiger partial charge in [0.1, 0.15) is 17.4 Å². The number of carbonyl (C=O) groups is 3. The van der Waals surface area contributed by atoms with Crippen LogP contribution in [0.3, 0.4) is 0 Å². The summed E-state index contributed by atoms with van der Waals surface area (Å²) in [6.45, 7) is 8.78. The van der Waals surface area contributed by atoms with Gasteiger partial charge >= 0.3 is 0 Å². The molecule has 2 aromatic heterocycles. The van der Waals surface area contributed by atoms with Gasteiger partial charge in [0.05, 0.1) is 12.1 Å². The Labute approximate surface area is 239 Å². The number of benzene rings is 2. The van der Waals surface area contributed by atoms with Gasteiger partial charge in [0.25, 0.3) is 11.8 Å². The van der Waals surface area contributed by atoms with E-state index in [-0.39, 0.29) is 29.8 Å². The SMILES string of the molecule is Cc1cc(C(=O)N2CC3C[C@H]2CN3C(=O)[C@@H](NC(=O)c2cc3ccccc3[nH]2)C(C)(C)C)ncc1-c1ccccc1. The van der Waals surface area contributed by atoms with Crippen molar-refractivity contribution in [1.82, 2.24) is 25.1 Å². The molecule has 2 N–H and O–H groups in total. The largest absolute Gasteiger partial charge is 0.351 e. The van der Waals surface area contributed by atoms with E-state index in [9.17, 15) is 14.4 Å². The van der Waals surface area contributed by atoms with Gasteiger partial charge in [0.15, 0.2) is 0 Å². The Kier molecular flexibility index (Phi) is 6.64. The molecule has 2 aliphatic rings. The lowest BCUT2D eigenvalue weighted by atomic mass is 9.85. The molecular formula is C33H35N5O3. The number of aromatic nitrogens is 2. The Morgan fingerprint density at radius 2 is 1.63 bits per heavy atom. The average Bonchev–Trinajstić information content (AvgIpc) is 3.69. The third-order valence-corrected chi connectivity index (χ3v) is 8.36. The van der Waals surface area contributed by atoms with Crippen LogP contribution in [0, 0.1) is 12.3 Å². The maximum atomic E-state index is 13.9. The van der Waals surface area contributed by atoms with Gasteiger partial charge in [-0.1, -0.05) is 69.3 Å². The number of aromatic amines is 1. The number of fused-ring (bicyclic) bond motifs is 3. The van der Waals surface area contributed by atoms with E-state index >= 15 is 0 Å². The molecule has 2 fully saturated rings. The lowest BCUT2D eigenvalue weighted by molar-refractivity contribution is -0.138. The van der Waals surface area contributed by atoms with E-state index in [1.807, 2.05) is 98.2 Å². The molecule has 8 nitrogen and oxygen atoms in total. The Morgan fingerprint density at radius 1 is 0.951 bits per heavy atom. The Morgan fingerprint density at radius 3 is 2.29 bits per heavy atom. The van der Waals surface area contributed by atoms with Crippen molar-refractivity contribution >= 4 is 28.6 Å². The monoisotopic (exact) mass is 549 g/mol. The van der Waals surface area contributed by atoms with Crippen molar-refractivity contribution in [3.63, 3.8) is 0 Å². The van der Waals surface area contributed by atoms with E-state index in [2.05, 4.69) is 15.3 Å². The van der Waals surface area contributed by atoms with E-state index in [0.29, 0.717) is 24.5 Å². The number of para-hydroxylation sites is 1. The number of likely N-dealkylation sites (tertiary alicyclic amines) is 2. The Hall–Kier alpha value is -4.46. The van der Waals surface area contributed by atoms with Crippen LogP contribution in [0.2, 0.25) is 0 Å². The summed E-state index contributed by atoms with van der Waals surface area (Å²) in [6, 6.07) is 20.5. The molecule has 4 heterocycles. The number of nitrogens with one attached hydrogen (secondary N) is 2. The van der Waals surface area contributed by atoms with Crippen LogP contribution in [0.1, 0.15) is 53.7 Å². The second-order valence-electron chi connectivity index (χ2n) is 12.3. The van der Waals surface area contributed by atoms with Crippen LogP contribution in [0.4, 0.5) is 0 Å². The van der Waals surface area contributed by atoms with Gasteiger partial charge in [-0.15, -0.1) is 0 Å². The molecule has 210 valence electrons. The first-order valence-corrected chi connectivity index (χ1v) is 14.1. The molecule has 1 unspecified atom stereocenters. The van der Waals surface area contributed by atoms with E-state index in [1.165, 1.54) is 0 Å². The fourth-order valence-corrected chi connectivity index (χ4v) is 6.14. The second kappa shape index (κ2) is 10.2. The number of hydrogen-bond acceptors (Lipinski definition) is 4. The number of piperazine rings is 1. The van der Waals surface area contributed by atoms with Gasteiger partial charge in [-0.3, -0.25) is 19.4 Å². The molecule has 2 saturated heterocycles. The van der Waals surface area contributed by atoms with Crippen LogP contribution in [0.15, 0.2) is 72.9 Å². The van der Waals surface area contributed by atoms with Gasteiger partial charge in [-0.2, -0.15) is 0 Å². The third kappa shape index (κ3) is 4.99. The molecule has 3 atom stereocenters. The summed E-state index contributed by atoms with van der Waals surface area (Å²) in [4.78, 5) is 51.9. The van der Waals surface area contributed by atoms with Crippen LogP contribution in [0.25, 0.3) is 22.0 Å². The van der Waals surface area contributed by atoms with Gasteiger partial charge in [0, 0.05) is 35.8 Å². The maximum absolute atomic E-state index is 13.9. The number of hydrogen-bond donors (Lipinski definition) is 2. The zero-order valence-electron chi connectivity index (χ0n) is 23.8. The van der Waals surface area contributed by atoms with Crippen molar-refractivity contribution in [2.75, 3.05) is 13.1 Å². The minimum Gasteiger partial charge on any atom is -0.351 e. The number of H-pyrrole nitrogens is 1. The summed E-state index contributed by atoms with van der Waals surface area (Å²) < 4.78 is 0. The van der Waals surface area contributed by atoms with Gasteiger partial charge in [0.2, 0.25) is 5.91 Å². The van der Waals surface area contributed by atoms with Crippen molar-refractivity contribution < 1.29 is 14.4 Å². The van der Waals surface area contributed by atoms with Crippen molar-refractivity contribution in [1.29, 1.82) is 0 Å². The molecule has 41 heavy (non-hydrogen) atoms. The minimum absolute atomic E-state index is 0.0719. The zero-order valence-corrected chi connectivity index (χ0v) is 23.8. The molecule has 3 amide bonds. The molecule has 0 spiro atoms. The molecule has 2 bridgehead atoms. The third-order valence-electron chi connectivity index (χ3n) is 8.36.